The third kappa shape index (κ3) is 1.78. The molecule has 0 saturated heterocycles. The molecule has 0 unspecified atom stereocenters. The van der Waals surface area contributed by atoms with Gasteiger partial charge in [0, 0.05) is 12.0 Å². The van der Waals surface area contributed by atoms with Crippen molar-refractivity contribution in [2.75, 3.05) is 18.5 Å². The average Bonchev–Trinajstić information content (AvgIpc) is 3.12. The molecule has 1 fully saturated rings. The Hall–Kier alpha value is -1.55. The van der Waals surface area contributed by atoms with E-state index in [1.54, 1.807) is 0 Å². The van der Waals surface area contributed by atoms with Gasteiger partial charge in [0.15, 0.2) is 0 Å². The summed E-state index contributed by atoms with van der Waals surface area (Å²) in [6.07, 6.45) is 2.68. The van der Waals surface area contributed by atoms with Crippen LogP contribution < -0.4 is 15.8 Å². The number of nitrogens with two attached hydrogens (primary N) is 1. The van der Waals surface area contributed by atoms with Gasteiger partial charge in [0.2, 0.25) is 5.91 Å². The van der Waals surface area contributed by atoms with Crippen LogP contribution in [0.4, 0.5) is 5.69 Å². The lowest BCUT2D eigenvalue weighted by Crippen LogP contribution is -2.20. The summed E-state index contributed by atoms with van der Waals surface area (Å²) in [6, 6.07) is 6.01. The third-order valence-corrected chi connectivity index (χ3v) is 3.70. The molecule has 4 heteroatoms. The van der Waals surface area contributed by atoms with Crippen LogP contribution >= 0.6 is 0 Å². The maximum absolute atomic E-state index is 11.5. The molecule has 1 heterocycles. The number of anilines is 1. The van der Waals surface area contributed by atoms with Crippen LogP contribution in [-0.2, 0) is 10.2 Å². The molecule has 0 spiro atoms. The van der Waals surface area contributed by atoms with Crippen LogP contribution in [0, 0.1) is 0 Å². The lowest BCUT2D eigenvalue weighted by Gasteiger charge is -2.15. The normalized spacial score (nSPS) is 20.9. The molecule has 1 aromatic carbocycles. The highest BCUT2D eigenvalue weighted by molar-refractivity contribution is 5.93. The van der Waals surface area contributed by atoms with Crippen LogP contribution in [0.5, 0.6) is 5.75 Å². The highest BCUT2D eigenvalue weighted by Crippen LogP contribution is 2.48. The van der Waals surface area contributed by atoms with E-state index in [1.165, 1.54) is 5.56 Å². The van der Waals surface area contributed by atoms with Gasteiger partial charge >= 0.3 is 0 Å². The fourth-order valence-electron chi connectivity index (χ4n) is 2.31. The molecule has 1 aliphatic heterocycles. The standard InChI is InChI=1S/C13H16N2O2/c14-8-13(4-5-13)9-1-2-11-10(7-9)15-12(16)3-6-17-11/h1-2,7H,3-6,8,14H2,(H,15,16). The molecule has 0 atom stereocenters. The van der Waals surface area contributed by atoms with Crippen LogP contribution in [0.25, 0.3) is 0 Å². The molecule has 1 aliphatic carbocycles. The Labute approximate surface area is 100 Å². The Morgan fingerprint density at radius 3 is 2.94 bits per heavy atom. The lowest BCUT2D eigenvalue weighted by molar-refractivity contribution is -0.116. The Morgan fingerprint density at radius 2 is 2.24 bits per heavy atom. The molecule has 0 radical (unpaired) electrons. The van der Waals surface area contributed by atoms with Crippen molar-refractivity contribution in [2.24, 2.45) is 5.73 Å². The summed E-state index contributed by atoms with van der Waals surface area (Å²) in [4.78, 5) is 11.5. The smallest absolute Gasteiger partial charge is 0.227 e. The zero-order valence-electron chi connectivity index (χ0n) is 9.66. The van der Waals surface area contributed by atoms with Gasteiger partial charge in [-0.3, -0.25) is 4.79 Å². The fraction of sp³-hybridized carbons (Fsp3) is 0.462. The van der Waals surface area contributed by atoms with E-state index in [4.69, 9.17) is 10.5 Å². The molecule has 1 amide bonds. The van der Waals surface area contributed by atoms with Crippen LogP contribution in [0.15, 0.2) is 18.2 Å². The van der Waals surface area contributed by atoms with Gasteiger partial charge in [-0.15, -0.1) is 0 Å². The molecule has 4 nitrogen and oxygen atoms in total. The van der Waals surface area contributed by atoms with Crippen molar-refractivity contribution in [2.45, 2.75) is 24.7 Å². The van der Waals surface area contributed by atoms with E-state index in [9.17, 15) is 4.79 Å². The van der Waals surface area contributed by atoms with E-state index in [0.29, 0.717) is 19.6 Å². The molecule has 3 rings (SSSR count). The summed E-state index contributed by atoms with van der Waals surface area (Å²) in [5, 5.41) is 2.88. The maximum atomic E-state index is 11.5. The average molecular weight is 232 g/mol. The fourth-order valence-corrected chi connectivity index (χ4v) is 2.31. The van der Waals surface area contributed by atoms with Gasteiger partial charge < -0.3 is 15.8 Å². The molecule has 1 saturated carbocycles. The molecule has 2 aliphatic rings. The number of nitrogens with one attached hydrogen (secondary N) is 1. The van der Waals surface area contributed by atoms with Crippen molar-refractivity contribution in [1.29, 1.82) is 0 Å². The van der Waals surface area contributed by atoms with Crippen molar-refractivity contribution < 1.29 is 9.53 Å². The largest absolute Gasteiger partial charge is 0.491 e. The van der Waals surface area contributed by atoms with Crippen molar-refractivity contribution in [3.63, 3.8) is 0 Å². The van der Waals surface area contributed by atoms with Crippen LogP contribution in [0.2, 0.25) is 0 Å². The Bertz CT molecular complexity index is 466. The molecule has 0 bridgehead atoms. The second-order valence-corrected chi connectivity index (χ2v) is 4.84. The summed E-state index contributed by atoms with van der Waals surface area (Å²) in [6.45, 7) is 1.11. The van der Waals surface area contributed by atoms with E-state index < -0.39 is 0 Å². The number of carbonyl (C=O) groups excluding carboxylic acids is 1. The number of fused-ring (bicyclic) bond motifs is 1. The minimum absolute atomic E-state index is 0.0125. The Kier molecular flexibility index (Phi) is 2.33. The first-order valence-corrected chi connectivity index (χ1v) is 6.01. The number of hydrogen-bond donors (Lipinski definition) is 2. The predicted molar refractivity (Wildman–Crippen MR) is 65.2 cm³/mol. The van der Waals surface area contributed by atoms with Gasteiger partial charge in [0.1, 0.15) is 5.75 Å². The van der Waals surface area contributed by atoms with E-state index >= 15 is 0 Å². The topological polar surface area (TPSA) is 64.3 Å². The number of rotatable bonds is 2. The first-order valence-electron chi connectivity index (χ1n) is 6.01. The van der Waals surface area contributed by atoms with Gasteiger partial charge in [0.05, 0.1) is 18.7 Å². The maximum Gasteiger partial charge on any atom is 0.227 e. The SMILES string of the molecule is NCC1(c2ccc3c(c2)NC(=O)CCO3)CC1. The summed E-state index contributed by atoms with van der Waals surface area (Å²) < 4.78 is 5.53. The van der Waals surface area contributed by atoms with Crippen molar-refractivity contribution in [3.8, 4) is 5.75 Å². The first kappa shape index (κ1) is 10.6. The zero-order chi connectivity index (χ0) is 11.9. The summed E-state index contributed by atoms with van der Waals surface area (Å²) in [7, 11) is 0. The number of carbonyl (C=O) groups is 1. The van der Waals surface area contributed by atoms with Crippen molar-refractivity contribution in [3.05, 3.63) is 23.8 Å². The summed E-state index contributed by atoms with van der Waals surface area (Å²) in [5.74, 6) is 0.769. The van der Waals surface area contributed by atoms with Crippen LogP contribution in [-0.4, -0.2) is 19.1 Å². The molecule has 90 valence electrons. The second kappa shape index (κ2) is 3.74. The zero-order valence-corrected chi connectivity index (χ0v) is 9.66. The number of amides is 1. The predicted octanol–water partition coefficient (Wildman–Crippen LogP) is 1.40. The van der Waals surface area contributed by atoms with E-state index in [1.807, 2.05) is 12.1 Å². The van der Waals surface area contributed by atoms with Crippen molar-refractivity contribution in [1.82, 2.24) is 0 Å². The van der Waals surface area contributed by atoms with Gasteiger partial charge in [-0.1, -0.05) is 6.07 Å². The Morgan fingerprint density at radius 1 is 1.41 bits per heavy atom. The number of ether oxygens (including phenoxy) is 1. The monoisotopic (exact) mass is 232 g/mol. The first-order chi connectivity index (χ1) is 8.23. The van der Waals surface area contributed by atoms with Crippen molar-refractivity contribution >= 4 is 11.6 Å². The number of benzene rings is 1. The number of hydrogen-bond acceptors (Lipinski definition) is 3. The highest BCUT2D eigenvalue weighted by atomic mass is 16.5. The van der Waals surface area contributed by atoms with Gasteiger partial charge in [0.25, 0.3) is 0 Å². The molecule has 3 N–H and O–H groups in total. The highest BCUT2D eigenvalue weighted by Gasteiger charge is 2.43. The minimum Gasteiger partial charge on any atom is -0.491 e. The molecule has 17 heavy (non-hydrogen) atoms. The van der Waals surface area contributed by atoms with Gasteiger partial charge in [-0.25, -0.2) is 0 Å². The van der Waals surface area contributed by atoms with E-state index in [-0.39, 0.29) is 11.3 Å². The summed E-state index contributed by atoms with van der Waals surface area (Å²) >= 11 is 0. The van der Waals surface area contributed by atoms with Crippen LogP contribution in [0.3, 0.4) is 0 Å². The van der Waals surface area contributed by atoms with E-state index in [0.717, 1.165) is 24.3 Å². The third-order valence-electron chi connectivity index (χ3n) is 3.70. The van der Waals surface area contributed by atoms with E-state index in [2.05, 4.69) is 11.4 Å². The molecule has 0 aromatic heterocycles. The minimum atomic E-state index is 0.0125. The van der Waals surface area contributed by atoms with Gasteiger partial charge in [-0.05, 0) is 30.5 Å². The Balaban J connectivity index is 1.97. The quantitative estimate of drug-likeness (QED) is 0.810. The summed E-state index contributed by atoms with van der Waals surface area (Å²) in [5.41, 5.74) is 7.96. The lowest BCUT2D eigenvalue weighted by atomic mass is 9.95. The van der Waals surface area contributed by atoms with Crippen LogP contribution in [0.1, 0.15) is 24.8 Å². The molecular weight excluding hydrogens is 216 g/mol. The van der Waals surface area contributed by atoms with Gasteiger partial charge in [-0.2, -0.15) is 0 Å². The second-order valence-electron chi connectivity index (χ2n) is 4.84. The molecule has 1 aromatic rings. The molecular formula is C13H16N2O2.